The minimum atomic E-state index is -0.713. The van der Waals surface area contributed by atoms with Gasteiger partial charge in [-0.15, -0.1) is 0 Å². The Morgan fingerprint density at radius 1 is 1.36 bits per heavy atom. The average molecular weight is 258 g/mol. The quantitative estimate of drug-likeness (QED) is 0.816. The maximum Gasteiger partial charge on any atom is 0.109 e. The molecule has 1 aromatic rings. The molecule has 1 aliphatic rings. The summed E-state index contributed by atoms with van der Waals surface area (Å²) in [6.07, 6.45) is -0.0959. The summed E-state index contributed by atoms with van der Waals surface area (Å²) in [6, 6.07) is 7.88. The highest BCUT2D eigenvalue weighted by Gasteiger charge is 2.26. The first kappa shape index (κ1) is 10.1. The molecule has 1 aliphatic heterocycles. The Morgan fingerprint density at radius 2 is 2.14 bits per heavy atom. The van der Waals surface area contributed by atoms with E-state index in [1.54, 1.807) is 0 Å². The lowest BCUT2D eigenvalue weighted by Gasteiger charge is -2.27. The summed E-state index contributed by atoms with van der Waals surface area (Å²) in [4.78, 5) is 0. The van der Waals surface area contributed by atoms with Gasteiger partial charge in [-0.05, 0) is 24.6 Å². The molecule has 2 atom stereocenters. The molecule has 0 amide bonds. The molecule has 0 saturated carbocycles. The Labute approximate surface area is 91.8 Å². The summed E-state index contributed by atoms with van der Waals surface area (Å²) in [6.45, 7) is 1.53. The van der Waals surface area contributed by atoms with Crippen LogP contribution in [0.25, 0.3) is 0 Å². The largest absolute Gasteiger partial charge is 0.316 e. The second kappa shape index (κ2) is 4.41. The number of benzene rings is 1. The van der Waals surface area contributed by atoms with E-state index < -0.39 is 6.17 Å². The van der Waals surface area contributed by atoms with Crippen LogP contribution in [0.3, 0.4) is 0 Å². The van der Waals surface area contributed by atoms with E-state index in [0.717, 1.165) is 23.1 Å². The first-order valence-electron chi connectivity index (χ1n) is 4.88. The molecular formula is C11H13BrFN. The van der Waals surface area contributed by atoms with Crippen LogP contribution in [0, 0.1) is 0 Å². The minimum Gasteiger partial charge on any atom is -0.316 e. The topological polar surface area (TPSA) is 12.0 Å². The fraction of sp³-hybridized carbons (Fsp3) is 0.455. The maximum atomic E-state index is 13.7. The van der Waals surface area contributed by atoms with Gasteiger partial charge in [0.2, 0.25) is 0 Å². The highest BCUT2D eigenvalue weighted by Crippen LogP contribution is 2.31. The summed E-state index contributed by atoms with van der Waals surface area (Å²) >= 11 is 3.46. The fourth-order valence-corrected chi connectivity index (χ4v) is 2.49. The monoisotopic (exact) mass is 257 g/mol. The zero-order valence-corrected chi connectivity index (χ0v) is 9.43. The molecule has 2 unspecified atom stereocenters. The van der Waals surface area contributed by atoms with Gasteiger partial charge in [0.1, 0.15) is 6.17 Å². The van der Waals surface area contributed by atoms with Crippen molar-refractivity contribution in [1.82, 2.24) is 5.32 Å². The standard InChI is InChI=1S/C11H13BrFN/c12-10-4-2-1-3-8(10)9-7-14-6-5-11(9)13/h1-4,9,11,14H,5-7H2. The van der Waals surface area contributed by atoms with Gasteiger partial charge >= 0.3 is 0 Å². The van der Waals surface area contributed by atoms with Gasteiger partial charge in [0, 0.05) is 16.9 Å². The maximum absolute atomic E-state index is 13.7. The van der Waals surface area contributed by atoms with Crippen LogP contribution in [0.4, 0.5) is 4.39 Å². The van der Waals surface area contributed by atoms with Crippen molar-refractivity contribution in [2.75, 3.05) is 13.1 Å². The molecule has 76 valence electrons. The van der Waals surface area contributed by atoms with Gasteiger partial charge in [0.15, 0.2) is 0 Å². The van der Waals surface area contributed by atoms with E-state index in [1.807, 2.05) is 24.3 Å². The molecule has 14 heavy (non-hydrogen) atoms. The molecule has 0 aliphatic carbocycles. The molecule has 2 rings (SSSR count). The van der Waals surface area contributed by atoms with Crippen LogP contribution in [0.1, 0.15) is 17.9 Å². The van der Waals surface area contributed by atoms with E-state index >= 15 is 0 Å². The van der Waals surface area contributed by atoms with Crippen LogP contribution >= 0.6 is 15.9 Å². The third-order valence-electron chi connectivity index (χ3n) is 2.70. The van der Waals surface area contributed by atoms with Crippen LogP contribution in [0.2, 0.25) is 0 Å². The summed E-state index contributed by atoms with van der Waals surface area (Å²) < 4.78 is 14.7. The first-order valence-corrected chi connectivity index (χ1v) is 5.67. The summed E-state index contributed by atoms with van der Waals surface area (Å²) in [5.41, 5.74) is 1.08. The SMILES string of the molecule is FC1CCNCC1c1ccccc1Br. The van der Waals surface area contributed by atoms with Gasteiger partial charge in [0.25, 0.3) is 0 Å². The van der Waals surface area contributed by atoms with Crippen molar-refractivity contribution in [2.45, 2.75) is 18.5 Å². The summed E-state index contributed by atoms with van der Waals surface area (Å²) in [7, 11) is 0. The molecule has 1 saturated heterocycles. The highest BCUT2D eigenvalue weighted by molar-refractivity contribution is 9.10. The van der Waals surface area contributed by atoms with Crippen molar-refractivity contribution in [3.05, 3.63) is 34.3 Å². The number of hydrogen-bond donors (Lipinski definition) is 1. The molecule has 0 bridgehead atoms. The number of rotatable bonds is 1. The van der Waals surface area contributed by atoms with Crippen LogP contribution in [0.15, 0.2) is 28.7 Å². The Hall–Kier alpha value is -0.410. The van der Waals surface area contributed by atoms with Crippen molar-refractivity contribution in [3.8, 4) is 0 Å². The average Bonchev–Trinajstić information content (AvgIpc) is 2.20. The van der Waals surface area contributed by atoms with Gasteiger partial charge in [-0.25, -0.2) is 4.39 Å². The number of halogens is 2. The second-order valence-corrected chi connectivity index (χ2v) is 4.49. The number of alkyl halides is 1. The third-order valence-corrected chi connectivity index (χ3v) is 3.42. The lowest BCUT2D eigenvalue weighted by atomic mass is 9.90. The smallest absolute Gasteiger partial charge is 0.109 e. The Balaban J connectivity index is 2.25. The molecule has 1 fully saturated rings. The predicted molar refractivity (Wildman–Crippen MR) is 59.3 cm³/mol. The van der Waals surface area contributed by atoms with Crippen molar-refractivity contribution < 1.29 is 4.39 Å². The Morgan fingerprint density at radius 3 is 2.86 bits per heavy atom. The lowest BCUT2D eigenvalue weighted by Crippen LogP contribution is -2.36. The molecule has 3 heteroatoms. The molecule has 0 radical (unpaired) electrons. The van der Waals surface area contributed by atoms with Crippen molar-refractivity contribution >= 4 is 15.9 Å². The van der Waals surface area contributed by atoms with Crippen LogP contribution in [0.5, 0.6) is 0 Å². The van der Waals surface area contributed by atoms with Crippen LogP contribution in [-0.4, -0.2) is 19.3 Å². The van der Waals surface area contributed by atoms with Gasteiger partial charge in [0.05, 0.1) is 0 Å². The van der Waals surface area contributed by atoms with E-state index in [2.05, 4.69) is 21.2 Å². The van der Waals surface area contributed by atoms with Crippen molar-refractivity contribution in [1.29, 1.82) is 0 Å². The molecule has 1 aromatic carbocycles. The minimum absolute atomic E-state index is 0.000625. The molecule has 0 aromatic heterocycles. The Bertz CT molecular complexity index is 316. The third kappa shape index (κ3) is 1.98. The number of piperidine rings is 1. The van der Waals surface area contributed by atoms with Gasteiger partial charge in [-0.3, -0.25) is 0 Å². The normalized spacial score (nSPS) is 27.6. The van der Waals surface area contributed by atoms with Crippen molar-refractivity contribution in [2.24, 2.45) is 0 Å². The van der Waals surface area contributed by atoms with Gasteiger partial charge in [-0.2, -0.15) is 0 Å². The zero-order chi connectivity index (χ0) is 9.97. The fourth-order valence-electron chi connectivity index (χ4n) is 1.91. The molecular weight excluding hydrogens is 245 g/mol. The summed E-state index contributed by atoms with van der Waals surface area (Å²) in [5, 5.41) is 3.23. The number of nitrogens with one attached hydrogen (secondary N) is 1. The Kier molecular flexibility index (Phi) is 3.19. The highest BCUT2D eigenvalue weighted by atomic mass is 79.9. The molecule has 1 N–H and O–H groups in total. The zero-order valence-electron chi connectivity index (χ0n) is 7.84. The first-order chi connectivity index (χ1) is 6.79. The van der Waals surface area contributed by atoms with E-state index in [4.69, 9.17) is 0 Å². The van der Waals surface area contributed by atoms with Crippen LogP contribution < -0.4 is 5.32 Å². The van der Waals surface area contributed by atoms with E-state index in [0.29, 0.717) is 6.42 Å². The van der Waals surface area contributed by atoms with Gasteiger partial charge < -0.3 is 5.32 Å². The van der Waals surface area contributed by atoms with E-state index in [1.165, 1.54) is 0 Å². The van der Waals surface area contributed by atoms with E-state index in [9.17, 15) is 4.39 Å². The van der Waals surface area contributed by atoms with Crippen molar-refractivity contribution in [3.63, 3.8) is 0 Å². The second-order valence-electron chi connectivity index (χ2n) is 3.64. The predicted octanol–water partition coefficient (Wildman–Crippen LogP) is 2.86. The summed E-state index contributed by atoms with van der Waals surface area (Å²) in [5.74, 6) is -0.000625. The van der Waals surface area contributed by atoms with Crippen LogP contribution in [-0.2, 0) is 0 Å². The lowest BCUT2D eigenvalue weighted by molar-refractivity contribution is 0.227. The number of hydrogen-bond acceptors (Lipinski definition) is 1. The molecule has 0 spiro atoms. The molecule has 1 nitrogen and oxygen atoms in total. The van der Waals surface area contributed by atoms with Gasteiger partial charge in [-0.1, -0.05) is 34.1 Å². The molecule has 1 heterocycles. The van der Waals surface area contributed by atoms with E-state index in [-0.39, 0.29) is 5.92 Å².